The molecule has 0 bridgehead atoms. The summed E-state index contributed by atoms with van der Waals surface area (Å²) in [5, 5.41) is 2.05. The number of aromatic nitrogens is 1. The minimum Gasteiger partial charge on any atom is -0.316 e. The van der Waals surface area contributed by atoms with E-state index in [0.29, 0.717) is 4.90 Å². The van der Waals surface area contributed by atoms with Crippen LogP contribution in [0, 0.1) is 0 Å². The molecule has 0 spiro atoms. The van der Waals surface area contributed by atoms with Crippen LogP contribution in [0.25, 0.3) is 11.3 Å². The molecule has 2 aromatic carbocycles. The van der Waals surface area contributed by atoms with Gasteiger partial charge in [-0.3, -0.25) is 0 Å². The molecule has 3 aromatic rings. The molecule has 148 valence electrons. The van der Waals surface area contributed by atoms with Gasteiger partial charge in [0.25, 0.3) is 0 Å². The van der Waals surface area contributed by atoms with Crippen LogP contribution in [-0.2, 0) is 16.6 Å². The van der Waals surface area contributed by atoms with Gasteiger partial charge in [-0.15, -0.1) is 11.3 Å². The average molecular weight is 416 g/mol. The zero-order valence-corrected chi connectivity index (χ0v) is 18.0. The highest BCUT2D eigenvalue weighted by Crippen LogP contribution is 2.25. The Morgan fingerprint density at radius 3 is 2.50 bits per heavy atom. The Balaban J connectivity index is 2.11. The van der Waals surface area contributed by atoms with Crippen molar-refractivity contribution in [3.05, 3.63) is 64.8 Å². The zero-order chi connectivity index (χ0) is 20.1. The molecule has 1 heterocycles. The number of hydrogen-bond acceptors (Lipinski definition) is 4. The van der Waals surface area contributed by atoms with Crippen molar-refractivity contribution in [2.24, 2.45) is 4.99 Å². The minimum absolute atomic E-state index is 0.296. The van der Waals surface area contributed by atoms with Crippen molar-refractivity contribution in [2.45, 2.75) is 31.2 Å². The Morgan fingerprint density at radius 1 is 1.07 bits per heavy atom. The first-order valence-electron chi connectivity index (χ1n) is 9.24. The number of benzene rings is 2. The van der Waals surface area contributed by atoms with Crippen LogP contribution >= 0.6 is 11.3 Å². The molecule has 0 saturated carbocycles. The highest BCUT2D eigenvalue weighted by atomic mass is 32.2. The maximum absolute atomic E-state index is 12.5. The van der Waals surface area contributed by atoms with E-state index in [2.05, 4.69) is 16.9 Å². The standard InChI is InChI=1S/C21H25N3O2S2/c1-4-5-14-24-20(16-27-21(24)22-18-11-7-6-8-12-18)17-10-9-13-19(15-17)28(25,26)23(2)3/h6-13,15-16H,4-5,14H2,1-3H3. The van der Waals surface area contributed by atoms with Gasteiger partial charge in [-0.1, -0.05) is 43.7 Å². The zero-order valence-electron chi connectivity index (χ0n) is 16.4. The van der Waals surface area contributed by atoms with Crippen molar-refractivity contribution >= 4 is 27.0 Å². The van der Waals surface area contributed by atoms with E-state index in [1.54, 1.807) is 43.6 Å². The summed E-state index contributed by atoms with van der Waals surface area (Å²) in [5.74, 6) is 0. The molecule has 0 amide bonds. The van der Waals surface area contributed by atoms with Gasteiger partial charge in [0, 0.05) is 31.6 Å². The maximum atomic E-state index is 12.5. The Morgan fingerprint density at radius 2 is 1.82 bits per heavy atom. The second-order valence-corrected chi connectivity index (χ2v) is 9.66. The third-order valence-corrected chi connectivity index (χ3v) is 7.10. The summed E-state index contributed by atoms with van der Waals surface area (Å²) in [6, 6.07) is 17.0. The van der Waals surface area contributed by atoms with Crippen LogP contribution in [0.2, 0.25) is 0 Å². The van der Waals surface area contributed by atoms with E-state index in [1.165, 1.54) is 4.31 Å². The first-order chi connectivity index (χ1) is 13.4. The van der Waals surface area contributed by atoms with Crippen molar-refractivity contribution in [1.82, 2.24) is 8.87 Å². The van der Waals surface area contributed by atoms with Gasteiger partial charge in [0.15, 0.2) is 4.80 Å². The summed E-state index contributed by atoms with van der Waals surface area (Å²) in [7, 11) is -0.382. The molecule has 3 rings (SSSR count). The third kappa shape index (κ3) is 4.43. The molecular formula is C21H25N3O2S2. The lowest BCUT2D eigenvalue weighted by molar-refractivity contribution is 0.521. The molecule has 1 aromatic heterocycles. The van der Waals surface area contributed by atoms with Crippen molar-refractivity contribution in [3.8, 4) is 11.3 Å². The molecule has 0 radical (unpaired) electrons. The van der Waals surface area contributed by atoms with Crippen LogP contribution in [0.3, 0.4) is 0 Å². The summed E-state index contributed by atoms with van der Waals surface area (Å²) in [5.41, 5.74) is 2.78. The van der Waals surface area contributed by atoms with E-state index in [4.69, 9.17) is 4.99 Å². The second kappa shape index (κ2) is 8.86. The van der Waals surface area contributed by atoms with Crippen LogP contribution in [0.15, 0.2) is 69.9 Å². The molecule has 7 heteroatoms. The van der Waals surface area contributed by atoms with Gasteiger partial charge in [0.2, 0.25) is 10.0 Å². The number of hydrogen-bond donors (Lipinski definition) is 0. The molecular weight excluding hydrogens is 390 g/mol. The number of para-hydroxylation sites is 1. The molecule has 0 aliphatic rings. The van der Waals surface area contributed by atoms with Crippen LogP contribution in [0.4, 0.5) is 5.69 Å². The fourth-order valence-electron chi connectivity index (χ4n) is 2.82. The van der Waals surface area contributed by atoms with E-state index < -0.39 is 10.0 Å². The molecule has 0 fully saturated rings. The van der Waals surface area contributed by atoms with Crippen LogP contribution in [0.5, 0.6) is 0 Å². The van der Waals surface area contributed by atoms with Gasteiger partial charge in [-0.25, -0.2) is 17.7 Å². The average Bonchev–Trinajstić information content (AvgIpc) is 3.09. The molecule has 0 saturated heterocycles. The van der Waals surface area contributed by atoms with Gasteiger partial charge in [-0.05, 0) is 30.7 Å². The summed E-state index contributed by atoms with van der Waals surface area (Å²) >= 11 is 1.57. The predicted molar refractivity (Wildman–Crippen MR) is 115 cm³/mol. The van der Waals surface area contributed by atoms with Crippen molar-refractivity contribution < 1.29 is 8.42 Å². The minimum atomic E-state index is -3.47. The van der Waals surface area contributed by atoms with Gasteiger partial charge in [-0.2, -0.15) is 0 Å². The highest BCUT2D eigenvalue weighted by Gasteiger charge is 2.18. The van der Waals surface area contributed by atoms with E-state index in [9.17, 15) is 8.42 Å². The lowest BCUT2D eigenvalue weighted by atomic mass is 10.1. The molecule has 0 aliphatic carbocycles. The lowest BCUT2D eigenvalue weighted by Gasteiger charge is -2.13. The molecule has 28 heavy (non-hydrogen) atoms. The number of sulfonamides is 1. The van der Waals surface area contributed by atoms with Gasteiger partial charge < -0.3 is 4.57 Å². The normalized spacial score (nSPS) is 12.6. The molecule has 0 N–H and O–H groups in total. The first kappa shape index (κ1) is 20.5. The number of unbranched alkanes of at least 4 members (excludes halogenated alkanes) is 1. The van der Waals surface area contributed by atoms with E-state index >= 15 is 0 Å². The Bertz CT molecular complexity index is 1100. The van der Waals surface area contributed by atoms with E-state index in [0.717, 1.165) is 41.1 Å². The molecule has 0 unspecified atom stereocenters. The predicted octanol–water partition coefficient (Wildman–Crippen LogP) is 4.50. The van der Waals surface area contributed by atoms with Crippen molar-refractivity contribution in [2.75, 3.05) is 14.1 Å². The lowest BCUT2D eigenvalue weighted by Crippen LogP contribution is -2.22. The highest BCUT2D eigenvalue weighted by molar-refractivity contribution is 7.89. The smallest absolute Gasteiger partial charge is 0.242 e. The Labute approximate surface area is 170 Å². The summed E-state index contributed by atoms with van der Waals surface area (Å²) < 4.78 is 28.5. The summed E-state index contributed by atoms with van der Waals surface area (Å²) in [6.45, 7) is 3.00. The molecule has 0 atom stereocenters. The first-order valence-corrected chi connectivity index (χ1v) is 11.6. The van der Waals surface area contributed by atoms with Gasteiger partial charge >= 0.3 is 0 Å². The number of nitrogens with zero attached hydrogens (tertiary/aromatic N) is 3. The molecule has 0 aliphatic heterocycles. The second-order valence-electron chi connectivity index (χ2n) is 6.67. The molecule has 5 nitrogen and oxygen atoms in total. The van der Waals surface area contributed by atoms with E-state index in [-0.39, 0.29) is 0 Å². The van der Waals surface area contributed by atoms with Crippen molar-refractivity contribution in [1.29, 1.82) is 0 Å². The van der Waals surface area contributed by atoms with E-state index in [1.807, 2.05) is 36.4 Å². The fraction of sp³-hybridized carbons (Fsp3) is 0.286. The van der Waals surface area contributed by atoms with Gasteiger partial charge in [0.05, 0.1) is 16.3 Å². The summed E-state index contributed by atoms with van der Waals surface area (Å²) in [4.78, 5) is 6.00. The van der Waals surface area contributed by atoms with Crippen molar-refractivity contribution in [3.63, 3.8) is 0 Å². The Kier molecular flexibility index (Phi) is 6.49. The van der Waals surface area contributed by atoms with Crippen LogP contribution < -0.4 is 4.80 Å². The third-order valence-electron chi connectivity index (χ3n) is 4.42. The maximum Gasteiger partial charge on any atom is 0.242 e. The fourth-order valence-corrected chi connectivity index (χ4v) is 4.72. The largest absolute Gasteiger partial charge is 0.316 e. The monoisotopic (exact) mass is 415 g/mol. The number of rotatable bonds is 7. The Hall–Kier alpha value is -2.22. The van der Waals surface area contributed by atoms with Crippen LogP contribution in [-0.4, -0.2) is 31.4 Å². The topological polar surface area (TPSA) is 54.7 Å². The number of thiazole rings is 1. The van der Waals surface area contributed by atoms with Crippen LogP contribution in [0.1, 0.15) is 19.8 Å². The summed E-state index contributed by atoms with van der Waals surface area (Å²) in [6.07, 6.45) is 2.10. The van der Waals surface area contributed by atoms with Gasteiger partial charge in [0.1, 0.15) is 0 Å². The quantitative estimate of drug-likeness (QED) is 0.570. The SMILES string of the molecule is CCCCn1c(-c2cccc(S(=O)(=O)N(C)C)c2)csc1=Nc1ccccc1.